The van der Waals surface area contributed by atoms with Crippen LogP contribution in [0.5, 0.6) is 0 Å². The molecule has 1 aromatic heterocycles. The standard InChI is InChI=1S/C14H12BrClN2O/c15-9-2-1-3-11(6-9)17-14(19)13-7-10(16)8-18(13)12-4-5-12/h1-3,6-8,12H,4-5H2,(H,17,19). The lowest BCUT2D eigenvalue weighted by molar-refractivity contribution is 0.101. The van der Waals surface area contributed by atoms with Crippen LogP contribution in [-0.2, 0) is 0 Å². The first-order chi connectivity index (χ1) is 9.13. The van der Waals surface area contributed by atoms with E-state index in [-0.39, 0.29) is 5.91 Å². The van der Waals surface area contributed by atoms with Gasteiger partial charge in [0, 0.05) is 22.4 Å². The SMILES string of the molecule is O=C(Nc1cccc(Br)c1)c1cc(Cl)cn1C1CC1. The molecule has 1 amide bonds. The predicted octanol–water partition coefficient (Wildman–Crippen LogP) is 4.49. The van der Waals surface area contributed by atoms with Crippen LogP contribution in [0.25, 0.3) is 0 Å². The Labute approximate surface area is 124 Å². The van der Waals surface area contributed by atoms with Crippen LogP contribution < -0.4 is 5.32 Å². The van der Waals surface area contributed by atoms with E-state index in [9.17, 15) is 4.79 Å². The summed E-state index contributed by atoms with van der Waals surface area (Å²) >= 11 is 9.38. The van der Waals surface area contributed by atoms with Gasteiger partial charge in [-0.15, -0.1) is 0 Å². The number of carbonyl (C=O) groups excluding carboxylic acids is 1. The summed E-state index contributed by atoms with van der Waals surface area (Å²) in [5.74, 6) is -0.128. The molecule has 0 radical (unpaired) electrons. The summed E-state index contributed by atoms with van der Waals surface area (Å²) in [6, 6.07) is 9.66. The van der Waals surface area contributed by atoms with Gasteiger partial charge in [-0.2, -0.15) is 0 Å². The summed E-state index contributed by atoms with van der Waals surface area (Å²) in [6.07, 6.45) is 4.05. The first kappa shape index (κ1) is 12.8. The molecule has 19 heavy (non-hydrogen) atoms. The lowest BCUT2D eigenvalue weighted by atomic mass is 10.3. The lowest BCUT2D eigenvalue weighted by Gasteiger charge is -2.08. The molecule has 0 spiro atoms. The first-order valence-electron chi connectivity index (χ1n) is 6.08. The Kier molecular flexibility index (Phi) is 3.37. The third-order valence-corrected chi connectivity index (χ3v) is 3.77. The fourth-order valence-electron chi connectivity index (χ4n) is 2.04. The zero-order valence-electron chi connectivity index (χ0n) is 10.1. The van der Waals surface area contributed by atoms with Gasteiger partial charge < -0.3 is 9.88 Å². The van der Waals surface area contributed by atoms with Gasteiger partial charge in [0.15, 0.2) is 0 Å². The topological polar surface area (TPSA) is 34.0 Å². The smallest absolute Gasteiger partial charge is 0.272 e. The summed E-state index contributed by atoms with van der Waals surface area (Å²) in [7, 11) is 0. The van der Waals surface area contributed by atoms with E-state index >= 15 is 0 Å². The highest BCUT2D eigenvalue weighted by molar-refractivity contribution is 9.10. The van der Waals surface area contributed by atoms with Gasteiger partial charge in [-0.05, 0) is 37.1 Å². The van der Waals surface area contributed by atoms with E-state index in [1.807, 2.05) is 35.0 Å². The number of rotatable bonds is 3. The molecule has 0 saturated heterocycles. The van der Waals surface area contributed by atoms with Gasteiger partial charge in [0.1, 0.15) is 5.69 Å². The number of benzene rings is 1. The Morgan fingerprint density at radius 3 is 2.84 bits per heavy atom. The van der Waals surface area contributed by atoms with Crippen LogP contribution in [0.15, 0.2) is 41.0 Å². The maximum atomic E-state index is 12.3. The molecule has 1 fully saturated rings. The fourth-order valence-corrected chi connectivity index (χ4v) is 2.65. The van der Waals surface area contributed by atoms with Crippen molar-refractivity contribution in [3.63, 3.8) is 0 Å². The van der Waals surface area contributed by atoms with Crippen molar-refractivity contribution in [3.8, 4) is 0 Å². The Morgan fingerprint density at radius 1 is 1.37 bits per heavy atom. The normalized spacial score (nSPS) is 14.4. The fraction of sp³-hybridized carbons (Fsp3) is 0.214. The molecule has 5 heteroatoms. The third kappa shape index (κ3) is 2.85. The summed E-state index contributed by atoms with van der Waals surface area (Å²) in [4.78, 5) is 12.3. The van der Waals surface area contributed by atoms with Crippen LogP contribution in [-0.4, -0.2) is 10.5 Å². The second-order valence-electron chi connectivity index (χ2n) is 4.65. The largest absolute Gasteiger partial charge is 0.339 e. The predicted molar refractivity (Wildman–Crippen MR) is 79.8 cm³/mol. The first-order valence-corrected chi connectivity index (χ1v) is 7.25. The molecule has 3 rings (SSSR count). The van der Waals surface area contributed by atoms with Gasteiger partial charge in [0.2, 0.25) is 0 Å². The number of anilines is 1. The van der Waals surface area contributed by atoms with Gasteiger partial charge in [-0.1, -0.05) is 33.6 Å². The van der Waals surface area contributed by atoms with Crippen LogP contribution in [0.1, 0.15) is 29.4 Å². The minimum atomic E-state index is -0.128. The number of nitrogens with one attached hydrogen (secondary N) is 1. The average Bonchev–Trinajstić information content (AvgIpc) is 3.12. The van der Waals surface area contributed by atoms with Crippen molar-refractivity contribution in [1.29, 1.82) is 0 Å². The molecule has 1 aliphatic rings. The number of amides is 1. The average molecular weight is 340 g/mol. The van der Waals surface area contributed by atoms with Crippen LogP contribution >= 0.6 is 27.5 Å². The van der Waals surface area contributed by atoms with Crippen molar-refractivity contribution in [2.45, 2.75) is 18.9 Å². The van der Waals surface area contributed by atoms with E-state index in [0.29, 0.717) is 16.8 Å². The highest BCUT2D eigenvalue weighted by atomic mass is 79.9. The molecule has 98 valence electrons. The van der Waals surface area contributed by atoms with E-state index in [1.165, 1.54) is 0 Å². The summed E-state index contributed by atoms with van der Waals surface area (Å²) < 4.78 is 2.90. The van der Waals surface area contributed by atoms with Crippen molar-refractivity contribution in [2.24, 2.45) is 0 Å². The second kappa shape index (κ2) is 5.02. The van der Waals surface area contributed by atoms with Crippen molar-refractivity contribution >= 4 is 39.1 Å². The van der Waals surface area contributed by atoms with Crippen LogP contribution in [0.4, 0.5) is 5.69 Å². The maximum absolute atomic E-state index is 12.3. The number of aromatic nitrogens is 1. The van der Waals surface area contributed by atoms with E-state index in [1.54, 1.807) is 6.07 Å². The zero-order chi connectivity index (χ0) is 13.4. The zero-order valence-corrected chi connectivity index (χ0v) is 12.4. The molecule has 1 N–H and O–H groups in total. The van der Waals surface area contributed by atoms with Crippen molar-refractivity contribution in [2.75, 3.05) is 5.32 Å². The van der Waals surface area contributed by atoms with Gasteiger partial charge in [-0.3, -0.25) is 4.79 Å². The maximum Gasteiger partial charge on any atom is 0.272 e. The monoisotopic (exact) mass is 338 g/mol. The number of carbonyl (C=O) groups is 1. The molecule has 0 bridgehead atoms. The third-order valence-electron chi connectivity index (χ3n) is 3.07. The van der Waals surface area contributed by atoms with E-state index < -0.39 is 0 Å². The van der Waals surface area contributed by atoms with Gasteiger partial charge >= 0.3 is 0 Å². The highest BCUT2D eigenvalue weighted by Gasteiger charge is 2.27. The molecule has 0 aliphatic heterocycles. The Balaban J connectivity index is 1.84. The molecule has 1 saturated carbocycles. The van der Waals surface area contributed by atoms with Crippen LogP contribution in [0.2, 0.25) is 5.02 Å². The number of hydrogen-bond acceptors (Lipinski definition) is 1. The number of hydrogen-bond donors (Lipinski definition) is 1. The quantitative estimate of drug-likeness (QED) is 0.878. The molecule has 2 aromatic rings. The number of halogens is 2. The van der Waals surface area contributed by atoms with E-state index in [2.05, 4.69) is 21.2 Å². The number of nitrogens with zero attached hydrogens (tertiary/aromatic N) is 1. The Hall–Kier alpha value is -1.26. The van der Waals surface area contributed by atoms with Crippen LogP contribution in [0.3, 0.4) is 0 Å². The second-order valence-corrected chi connectivity index (χ2v) is 6.00. The van der Waals surface area contributed by atoms with Crippen molar-refractivity contribution in [3.05, 3.63) is 51.7 Å². The van der Waals surface area contributed by atoms with Gasteiger partial charge in [0.05, 0.1) is 5.02 Å². The molecule has 3 nitrogen and oxygen atoms in total. The Morgan fingerprint density at radius 2 is 2.16 bits per heavy atom. The van der Waals surface area contributed by atoms with Crippen molar-refractivity contribution in [1.82, 2.24) is 4.57 Å². The molecule has 1 aliphatic carbocycles. The van der Waals surface area contributed by atoms with E-state index in [4.69, 9.17) is 11.6 Å². The molecule has 1 aromatic carbocycles. The van der Waals surface area contributed by atoms with Crippen LogP contribution in [0, 0.1) is 0 Å². The molecule has 0 unspecified atom stereocenters. The lowest BCUT2D eigenvalue weighted by Crippen LogP contribution is -2.16. The molecule has 0 atom stereocenters. The molecule has 1 heterocycles. The highest BCUT2D eigenvalue weighted by Crippen LogP contribution is 2.37. The van der Waals surface area contributed by atoms with Gasteiger partial charge in [-0.25, -0.2) is 0 Å². The summed E-state index contributed by atoms with van der Waals surface area (Å²) in [5.41, 5.74) is 1.38. The van der Waals surface area contributed by atoms with Gasteiger partial charge in [0.25, 0.3) is 5.91 Å². The summed E-state index contributed by atoms with van der Waals surface area (Å²) in [6.45, 7) is 0. The minimum Gasteiger partial charge on any atom is -0.339 e. The Bertz CT molecular complexity index is 634. The molecular formula is C14H12BrClN2O. The molecular weight excluding hydrogens is 328 g/mol. The van der Waals surface area contributed by atoms with Crippen molar-refractivity contribution < 1.29 is 4.79 Å². The minimum absolute atomic E-state index is 0.128. The summed E-state index contributed by atoms with van der Waals surface area (Å²) in [5, 5.41) is 3.49. The van der Waals surface area contributed by atoms with E-state index in [0.717, 1.165) is 23.0 Å².